The van der Waals surface area contributed by atoms with E-state index in [9.17, 15) is 13.6 Å². The lowest BCUT2D eigenvalue weighted by Crippen LogP contribution is -2.39. The molecule has 0 aromatic heterocycles. The normalized spacial score (nSPS) is 18.4. The Morgan fingerprint density at radius 1 is 0.912 bits per heavy atom. The molecule has 1 aliphatic rings. The lowest BCUT2D eigenvalue weighted by molar-refractivity contribution is 0.0703. The van der Waals surface area contributed by atoms with E-state index in [0.29, 0.717) is 31.1 Å². The van der Waals surface area contributed by atoms with Crippen LogP contribution in [0.2, 0.25) is 0 Å². The van der Waals surface area contributed by atoms with Crippen molar-refractivity contribution >= 4 is 5.91 Å². The number of nitrogens with zero attached hydrogens (tertiary/aromatic N) is 2. The number of carbonyl (C=O) groups excluding carboxylic acids is 1. The Balaban J connectivity index is 1.57. The van der Waals surface area contributed by atoms with E-state index < -0.39 is 0 Å². The Kier molecular flexibility index (Phi) is 7.73. The number of benzene rings is 3. The molecule has 178 valence electrons. The molecule has 2 atom stereocenters. The minimum atomic E-state index is -0.248. The molecule has 3 aromatic rings. The summed E-state index contributed by atoms with van der Waals surface area (Å²) in [5.41, 5.74) is 2.84. The standard InChI is InChI=1S/C29H32F2N2O/c1-21(2)16-33(29(34)24-6-4-3-5-7-24)19-25-18-32(17-22-8-12-26(30)13-9-22)20-28(25)23-10-14-27(31)15-11-23/h3-15,21,25,28H,16-20H2,1-2H3/t25-,28+/m0/s1. The van der Waals surface area contributed by atoms with E-state index in [4.69, 9.17) is 0 Å². The lowest BCUT2D eigenvalue weighted by Gasteiger charge is -2.30. The van der Waals surface area contributed by atoms with Gasteiger partial charge in [-0.25, -0.2) is 8.78 Å². The van der Waals surface area contributed by atoms with E-state index in [1.54, 1.807) is 0 Å². The van der Waals surface area contributed by atoms with Crippen LogP contribution in [0.4, 0.5) is 8.78 Å². The summed E-state index contributed by atoms with van der Waals surface area (Å²) in [5, 5.41) is 0. The third-order valence-corrected chi connectivity index (χ3v) is 6.48. The van der Waals surface area contributed by atoms with Crippen molar-refractivity contribution in [2.45, 2.75) is 26.3 Å². The van der Waals surface area contributed by atoms with Crippen LogP contribution in [0.3, 0.4) is 0 Å². The molecule has 34 heavy (non-hydrogen) atoms. The Morgan fingerprint density at radius 3 is 2.15 bits per heavy atom. The van der Waals surface area contributed by atoms with Gasteiger partial charge in [0.15, 0.2) is 0 Å². The first kappa shape index (κ1) is 24.1. The predicted molar refractivity (Wildman–Crippen MR) is 131 cm³/mol. The van der Waals surface area contributed by atoms with Crippen molar-refractivity contribution in [1.29, 1.82) is 0 Å². The van der Waals surface area contributed by atoms with E-state index in [1.165, 1.54) is 24.3 Å². The van der Waals surface area contributed by atoms with Crippen LogP contribution in [0.1, 0.15) is 41.3 Å². The zero-order chi connectivity index (χ0) is 24.1. The fraction of sp³-hybridized carbons (Fsp3) is 0.345. The molecular weight excluding hydrogens is 430 g/mol. The van der Waals surface area contributed by atoms with Crippen LogP contribution >= 0.6 is 0 Å². The average molecular weight is 463 g/mol. The third-order valence-electron chi connectivity index (χ3n) is 6.48. The molecule has 1 aliphatic heterocycles. The number of amides is 1. The van der Waals surface area contributed by atoms with Crippen molar-refractivity contribution in [1.82, 2.24) is 9.80 Å². The van der Waals surface area contributed by atoms with Gasteiger partial charge in [0.2, 0.25) is 0 Å². The van der Waals surface area contributed by atoms with Gasteiger partial charge in [0.05, 0.1) is 0 Å². The molecule has 5 heteroatoms. The minimum Gasteiger partial charge on any atom is -0.338 e. The molecule has 0 aliphatic carbocycles. The number of hydrogen-bond donors (Lipinski definition) is 0. The molecule has 3 nitrogen and oxygen atoms in total. The molecule has 0 saturated carbocycles. The number of halogens is 2. The highest BCUT2D eigenvalue weighted by Gasteiger charge is 2.36. The van der Waals surface area contributed by atoms with E-state index in [0.717, 1.165) is 24.2 Å². The highest BCUT2D eigenvalue weighted by atomic mass is 19.1. The summed E-state index contributed by atoms with van der Waals surface area (Å²) < 4.78 is 27.0. The van der Waals surface area contributed by atoms with Gasteiger partial charge in [-0.2, -0.15) is 0 Å². The maximum atomic E-state index is 13.6. The van der Waals surface area contributed by atoms with Crippen LogP contribution in [-0.4, -0.2) is 41.9 Å². The molecule has 0 unspecified atom stereocenters. The SMILES string of the molecule is CC(C)CN(C[C@@H]1CN(Cc2ccc(F)cc2)C[C@@H]1c1ccc(F)cc1)C(=O)c1ccccc1. The number of rotatable bonds is 8. The molecule has 1 fully saturated rings. The summed E-state index contributed by atoms with van der Waals surface area (Å²) in [5.74, 6) is 0.285. The van der Waals surface area contributed by atoms with Crippen LogP contribution in [0.15, 0.2) is 78.9 Å². The monoisotopic (exact) mass is 462 g/mol. The maximum absolute atomic E-state index is 13.6. The quantitative estimate of drug-likeness (QED) is 0.411. The average Bonchev–Trinajstić information content (AvgIpc) is 3.22. The van der Waals surface area contributed by atoms with Crippen LogP contribution in [0, 0.1) is 23.5 Å². The largest absolute Gasteiger partial charge is 0.338 e. The fourth-order valence-corrected chi connectivity index (χ4v) is 4.94. The van der Waals surface area contributed by atoms with Crippen molar-refractivity contribution in [2.24, 2.45) is 11.8 Å². The number of carbonyl (C=O) groups is 1. The van der Waals surface area contributed by atoms with E-state index in [1.807, 2.05) is 59.5 Å². The predicted octanol–water partition coefficient (Wildman–Crippen LogP) is 5.98. The van der Waals surface area contributed by atoms with Gasteiger partial charge in [-0.1, -0.05) is 56.3 Å². The third kappa shape index (κ3) is 6.09. The van der Waals surface area contributed by atoms with Crippen LogP contribution in [0.5, 0.6) is 0 Å². The first-order valence-electron chi connectivity index (χ1n) is 12.0. The second-order valence-electron chi connectivity index (χ2n) is 9.71. The Labute approximate surface area is 201 Å². The van der Waals surface area contributed by atoms with Gasteiger partial charge in [0, 0.05) is 44.2 Å². The van der Waals surface area contributed by atoms with Gasteiger partial charge >= 0.3 is 0 Å². The molecule has 4 rings (SSSR count). The molecule has 1 saturated heterocycles. The molecule has 3 aromatic carbocycles. The van der Waals surface area contributed by atoms with Gasteiger partial charge in [0.25, 0.3) is 5.91 Å². The lowest BCUT2D eigenvalue weighted by atomic mass is 9.88. The highest BCUT2D eigenvalue weighted by Crippen LogP contribution is 2.34. The maximum Gasteiger partial charge on any atom is 0.253 e. The van der Waals surface area contributed by atoms with E-state index in [-0.39, 0.29) is 29.4 Å². The summed E-state index contributed by atoms with van der Waals surface area (Å²) >= 11 is 0. The van der Waals surface area contributed by atoms with Crippen LogP contribution < -0.4 is 0 Å². The van der Waals surface area contributed by atoms with Crippen molar-refractivity contribution in [3.05, 3.63) is 107 Å². The summed E-state index contributed by atoms with van der Waals surface area (Å²) in [7, 11) is 0. The summed E-state index contributed by atoms with van der Waals surface area (Å²) in [6.45, 7) is 7.90. The van der Waals surface area contributed by atoms with Crippen molar-refractivity contribution < 1.29 is 13.6 Å². The molecule has 0 N–H and O–H groups in total. The van der Waals surface area contributed by atoms with E-state index >= 15 is 0 Å². The molecule has 0 radical (unpaired) electrons. The zero-order valence-corrected chi connectivity index (χ0v) is 19.8. The minimum absolute atomic E-state index is 0.0455. The smallest absolute Gasteiger partial charge is 0.253 e. The Bertz CT molecular complexity index is 1070. The molecular formula is C29H32F2N2O. The summed E-state index contributed by atoms with van der Waals surface area (Å²) in [4.78, 5) is 17.7. The highest BCUT2D eigenvalue weighted by molar-refractivity contribution is 5.94. The summed E-state index contributed by atoms with van der Waals surface area (Å²) in [6, 6.07) is 22.8. The van der Waals surface area contributed by atoms with Crippen molar-refractivity contribution in [3.63, 3.8) is 0 Å². The molecule has 1 amide bonds. The second kappa shape index (κ2) is 10.9. The molecule has 0 spiro atoms. The second-order valence-corrected chi connectivity index (χ2v) is 9.71. The summed E-state index contributed by atoms with van der Waals surface area (Å²) in [6.07, 6.45) is 0. The number of likely N-dealkylation sites (tertiary alicyclic amines) is 1. The van der Waals surface area contributed by atoms with Gasteiger partial charge in [-0.3, -0.25) is 9.69 Å². The molecule has 1 heterocycles. The van der Waals surface area contributed by atoms with Gasteiger partial charge in [-0.05, 0) is 59.4 Å². The van der Waals surface area contributed by atoms with Crippen molar-refractivity contribution in [2.75, 3.05) is 26.2 Å². The van der Waals surface area contributed by atoms with Crippen molar-refractivity contribution in [3.8, 4) is 0 Å². The topological polar surface area (TPSA) is 23.6 Å². The van der Waals surface area contributed by atoms with Crippen LogP contribution in [0.25, 0.3) is 0 Å². The van der Waals surface area contributed by atoms with Gasteiger partial charge in [0.1, 0.15) is 11.6 Å². The molecule has 0 bridgehead atoms. The first-order valence-corrected chi connectivity index (χ1v) is 12.0. The Hall–Kier alpha value is -3.05. The Morgan fingerprint density at radius 2 is 1.53 bits per heavy atom. The first-order chi connectivity index (χ1) is 16.4. The van der Waals surface area contributed by atoms with Gasteiger partial charge < -0.3 is 4.90 Å². The fourth-order valence-electron chi connectivity index (χ4n) is 4.94. The van der Waals surface area contributed by atoms with Gasteiger partial charge in [-0.15, -0.1) is 0 Å². The van der Waals surface area contributed by atoms with Crippen LogP contribution in [-0.2, 0) is 6.54 Å². The number of hydrogen-bond acceptors (Lipinski definition) is 2. The zero-order valence-electron chi connectivity index (χ0n) is 19.8. The van der Waals surface area contributed by atoms with E-state index in [2.05, 4.69) is 18.7 Å².